The first kappa shape index (κ1) is 8.09. The molecular weight excluding hydrogens is 179 g/mol. The summed E-state index contributed by atoms with van der Waals surface area (Å²) in [6, 6.07) is 0. The minimum absolute atomic E-state index is 0.157. The van der Waals surface area contributed by atoms with Crippen molar-refractivity contribution in [3.05, 3.63) is 0 Å². The van der Waals surface area contributed by atoms with Crippen LogP contribution in [0.1, 0.15) is 33.5 Å². The number of hydrogen-bond donors (Lipinski definition) is 0. The molecule has 1 saturated heterocycles. The molecule has 0 aromatic heterocycles. The number of nitrogens with zero attached hydrogens (tertiary/aromatic N) is 1. The number of halogens is 3. The summed E-state index contributed by atoms with van der Waals surface area (Å²) < 4.78 is 45.5. The van der Waals surface area contributed by atoms with Crippen molar-refractivity contribution in [2.24, 2.45) is 0 Å². The van der Waals surface area contributed by atoms with E-state index in [0.29, 0.717) is 25.9 Å². The first-order valence-electron chi connectivity index (χ1n) is 5.27. The first-order chi connectivity index (χ1) is 6.46. The lowest BCUT2D eigenvalue weighted by molar-refractivity contribution is -0.198. The molecule has 1 aliphatic heterocycles. The van der Waals surface area contributed by atoms with Gasteiger partial charge in [0.15, 0.2) is 0 Å². The highest BCUT2D eigenvalue weighted by Gasteiger charge is 2.66. The maximum Gasteiger partial charge on any atom is 0.406 e. The Hall–Kier alpha value is -0.250. The second-order valence-electron chi connectivity index (χ2n) is 3.88. The number of hydrogen-bond acceptors (Lipinski definition) is 1. The number of rotatable bonds is 1. The predicted octanol–water partition coefficient (Wildman–Crippen LogP) is 2.57. The zero-order valence-corrected chi connectivity index (χ0v) is 7.40. The normalized spacial score (nSPS) is 31.5. The number of alkyl halides is 3. The summed E-state index contributed by atoms with van der Waals surface area (Å²) in [5.41, 5.74) is -1.51. The molecule has 0 radical (unpaired) electrons. The van der Waals surface area contributed by atoms with Crippen LogP contribution in [0.4, 0.5) is 13.2 Å². The fourth-order valence-electron chi connectivity index (χ4n) is 2.08. The lowest BCUT2D eigenvalue weighted by atomic mass is 10.1. The van der Waals surface area contributed by atoms with Gasteiger partial charge in [-0.2, -0.15) is 13.2 Å². The van der Waals surface area contributed by atoms with Crippen LogP contribution in [-0.4, -0.2) is 29.7 Å². The number of piperidine rings is 1. The molecule has 4 heteroatoms. The van der Waals surface area contributed by atoms with Crippen LogP contribution < -0.4 is 0 Å². The van der Waals surface area contributed by atoms with E-state index in [0.717, 1.165) is 0 Å². The van der Waals surface area contributed by atoms with E-state index in [9.17, 15) is 13.2 Å². The Morgan fingerprint density at radius 1 is 1.15 bits per heavy atom. The molecule has 1 heterocycles. The van der Waals surface area contributed by atoms with Gasteiger partial charge in [-0.15, -0.1) is 0 Å². The van der Waals surface area contributed by atoms with E-state index in [-0.39, 0.29) is 19.2 Å². The van der Waals surface area contributed by atoms with Gasteiger partial charge < -0.3 is 0 Å². The molecule has 0 spiro atoms. The Balaban J connectivity index is 2.02. The summed E-state index contributed by atoms with van der Waals surface area (Å²) in [5, 5.41) is 0. The molecule has 0 unspecified atom stereocenters. The molecule has 0 atom stereocenters. The Morgan fingerprint density at radius 3 is 2.08 bits per heavy atom. The minimum atomic E-state index is -4.08. The quantitative estimate of drug-likeness (QED) is 0.620. The predicted molar refractivity (Wildman–Crippen MR) is 43.4 cm³/mol. The van der Waals surface area contributed by atoms with Crippen molar-refractivity contribution in [3.63, 3.8) is 0 Å². The van der Waals surface area contributed by atoms with Crippen LogP contribution in [0, 0.1) is 0 Å². The summed E-state index contributed by atoms with van der Waals surface area (Å²) in [7, 11) is 0. The van der Waals surface area contributed by atoms with Gasteiger partial charge in [0.2, 0.25) is 0 Å². The lowest BCUT2D eigenvalue weighted by Crippen LogP contribution is -2.50. The van der Waals surface area contributed by atoms with Gasteiger partial charge in [-0.25, -0.2) is 0 Å². The lowest BCUT2D eigenvalue weighted by Gasteiger charge is -2.36. The van der Waals surface area contributed by atoms with E-state index in [1.165, 1.54) is 4.90 Å². The third kappa shape index (κ3) is 1.45. The van der Waals surface area contributed by atoms with Crippen LogP contribution >= 0.6 is 0 Å². The van der Waals surface area contributed by atoms with Crippen LogP contribution in [0.15, 0.2) is 0 Å². The van der Waals surface area contributed by atoms with E-state index >= 15 is 0 Å². The van der Waals surface area contributed by atoms with Crippen molar-refractivity contribution in [2.75, 3.05) is 13.1 Å². The Labute approximate surface area is 77.3 Å². The maximum absolute atomic E-state index is 12.7. The molecule has 1 aliphatic carbocycles. The molecule has 0 amide bonds. The summed E-state index contributed by atoms with van der Waals surface area (Å²) in [6.45, 7) is 0.876. The smallest absolute Gasteiger partial charge is 0.290 e. The fraction of sp³-hybridized carbons (Fsp3) is 1.00. The second kappa shape index (κ2) is 2.87. The second-order valence-corrected chi connectivity index (χ2v) is 3.88. The fourth-order valence-corrected chi connectivity index (χ4v) is 2.08. The maximum atomic E-state index is 12.7. The number of likely N-dealkylation sites (tertiary alicyclic amines) is 1. The van der Waals surface area contributed by atoms with Gasteiger partial charge >= 0.3 is 6.18 Å². The topological polar surface area (TPSA) is 3.24 Å². The van der Waals surface area contributed by atoms with Crippen LogP contribution in [0.3, 0.4) is 0 Å². The van der Waals surface area contributed by atoms with Gasteiger partial charge in [-0.1, -0.05) is 6.40 Å². The molecule has 1 nitrogen and oxygen atoms in total. The average Bonchev–Trinajstić information content (AvgIpc) is 2.84. The molecule has 76 valence electrons. The van der Waals surface area contributed by atoms with E-state index < -0.39 is 11.7 Å². The van der Waals surface area contributed by atoms with Gasteiger partial charge in [0.25, 0.3) is 0 Å². The van der Waals surface area contributed by atoms with Gasteiger partial charge in [0, 0.05) is 1.37 Å². The highest BCUT2D eigenvalue weighted by molar-refractivity contribution is 5.09. The third-order valence-corrected chi connectivity index (χ3v) is 3.06. The molecule has 0 aromatic rings. The van der Waals surface area contributed by atoms with Crippen molar-refractivity contribution >= 4 is 0 Å². The molecule has 2 aliphatic rings. The van der Waals surface area contributed by atoms with Crippen molar-refractivity contribution in [1.29, 1.82) is 0 Å². The summed E-state index contributed by atoms with van der Waals surface area (Å²) in [6.07, 6.45) is -2.58. The van der Waals surface area contributed by atoms with E-state index in [4.69, 9.17) is 1.37 Å². The van der Waals surface area contributed by atoms with Crippen molar-refractivity contribution < 1.29 is 14.5 Å². The van der Waals surface area contributed by atoms with Gasteiger partial charge in [-0.05, 0) is 38.8 Å². The molecule has 0 N–H and O–H groups in total. The molecular formula is C9H14F3N. The highest BCUT2D eigenvalue weighted by Crippen LogP contribution is 2.54. The summed E-state index contributed by atoms with van der Waals surface area (Å²) in [5.74, 6) is 0. The molecule has 2 fully saturated rings. The monoisotopic (exact) mass is 194 g/mol. The zero-order chi connectivity index (χ0) is 10.4. The first-order valence-corrected chi connectivity index (χ1v) is 4.70. The Morgan fingerprint density at radius 2 is 1.69 bits per heavy atom. The summed E-state index contributed by atoms with van der Waals surface area (Å²) >= 11 is 0. The molecule has 13 heavy (non-hydrogen) atoms. The third-order valence-electron chi connectivity index (χ3n) is 3.06. The van der Waals surface area contributed by atoms with Gasteiger partial charge in [0.1, 0.15) is 5.54 Å². The van der Waals surface area contributed by atoms with E-state index in [1.54, 1.807) is 0 Å². The summed E-state index contributed by atoms with van der Waals surface area (Å²) in [4.78, 5) is 1.54. The zero-order valence-electron chi connectivity index (χ0n) is 8.40. The van der Waals surface area contributed by atoms with Crippen molar-refractivity contribution in [1.82, 2.24) is 4.90 Å². The van der Waals surface area contributed by atoms with Crippen LogP contribution in [0.5, 0.6) is 0 Å². The Kier molecular flexibility index (Phi) is 1.79. The van der Waals surface area contributed by atoms with Crippen LogP contribution in [0.2, 0.25) is 0 Å². The molecule has 0 aromatic carbocycles. The van der Waals surface area contributed by atoms with Crippen molar-refractivity contribution in [2.45, 2.75) is 43.8 Å². The van der Waals surface area contributed by atoms with Crippen LogP contribution in [0.25, 0.3) is 0 Å². The molecule has 0 bridgehead atoms. The largest absolute Gasteiger partial charge is 0.406 e. The van der Waals surface area contributed by atoms with Gasteiger partial charge in [0.05, 0.1) is 0 Å². The standard InChI is InChI=1S/C9H14F3N/c10-9(11,12)8(4-5-8)13-6-2-1-3-7-13/h1-7H2/i1D. The van der Waals surface area contributed by atoms with Crippen LogP contribution in [-0.2, 0) is 0 Å². The highest BCUT2D eigenvalue weighted by atomic mass is 19.4. The molecule has 2 rings (SSSR count). The van der Waals surface area contributed by atoms with Crippen molar-refractivity contribution in [3.8, 4) is 0 Å². The SMILES string of the molecule is [2H]C1CCN(C2(C(F)(F)F)CC2)CC1. The minimum Gasteiger partial charge on any atom is -0.290 e. The van der Waals surface area contributed by atoms with E-state index in [1.807, 2.05) is 0 Å². The van der Waals surface area contributed by atoms with E-state index in [2.05, 4.69) is 0 Å². The molecule has 1 saturated carbocycles. The van der Waals surface area contributed by atoms with Gasteiger partial charge in [-0.3, -0.25) is 4.90 Å². The Bertz CT molecular complexity index is 217. The average molecular weight is 194 g/mol.